The van der Waals surface area contributed by atoms with Gasteiger partial charge in [0.05, 0.1) is 5.69 Å². The molecule has 0 saturated carbocycles. The number of aromatic nitrogens is 3. The molecule has 0 aliphatic heterocycles. The van der Waals surface area contributed by atoms with Crippen LogP contribution >= 0.6 is 0 Å². The smallest absolute Gasteiger partial charge is 0.225 e. The largest absolute Gasteiger partial charge is 0.350 e. The molecule has 0 bridgehead atoms. The summed E-state index contributed by atoms with van der Waals surface area (Å²) in [5.74, 6) is 1.34. The van der Waals surface area contributed by atoms with Gasteiger partial charge in [-0.3, -0.25) is 4.98 Å². The SMILES string of the molecule is Cc1cccc(C)c1Nc1cc(-c2ccccc2)nc(NCc2ccncc2)n1. The maximum atomic E-state index is 4.73. The van der Waals surface area contributed by atoms with Crippen molar-refractivity contribution < 1.29 is 0 Å². The Morgan fingerprint density at radius 3 is 2.24 bits per heavy atom. The number of rotatable bonds is 6. The van der Waals surface area contributed by atoms with Gasteiger partial charge in [-0.2, -0.15) is 4.98 Å². The highest BCUT2D eigenvalue weighted by atomic mass is 15.1. The fourth-order valence-corrected chi connectivity index (χ4v) is 3.17. The minimum Gasteiger partial charge on any atom is -0.350 e. The number of para-hydroxylation sites is 1. The quantitative estimate of drug-likeness (QED) is 0.461. The number of pyridine rings is 1. The lowest BCUT2D eigenvalue weighted by molar-refractivity contribution is 1.05. The highest BCUT2D eigenvalue weighted by Crippen LogP contribution is 2.27. The first-order valence-electron chi connectivity index (χ1n) is 9.59. The summed E-state index contributed by atoms with van der Waals surface area (Å²) >= 11 is 0. The van der Waals surface area contributed by atoms with Gasteiger partial charge in [-0.25, -0.2) is 4.98 Å². The molecular formula is C24H23N5. The number of nitrogens with zero attached hydrogens (tertiary/aromatic N) is 3. The molecule has 0 radical (unpaired) electrons. The van der Waals surface area contributed by atoms with Crippen molar-refractivity contribution in [3.8, 4) is 11.3 Å². The second-order valence-corrected chi connectivity index (χ2v) is 6.93. The topological polar surface area (TPSA) is 62.7 Å². The zero-order valence-electron chi connectivity index (χ0n) is 16.6. The van der Waals surface area contributed by atoms with E-state index < -0.39 is 0 Å². The van der Waals surface area contributed by atoms with E-state index in [0.717, 1.165) is 28.3 Å². The molecule has 4 aromatic rings. The second-order valence-electron chi connectivity index (χ2n) is 6.93. The molecule has 0 aliphatic rings. The third kappa shape index (κ3) is 4.58. The van der Waals surface area contributed by atoms with Gasteiger partial charge in [0, 0.05) is 36.3 Å². The lowest BCUT2D eigenvalue weighted by Crippen LogP contribution is -2.07. The summed E-state index contributed by atoms with van der Waals surface area (Å²) in [4.78, 5) is 13.5. The van der Waals surface area contributed by atoms with Crippen LogP contribution in [0.5, 0.6) is 0 Å². The molecule has 5 nitrogen and oxygen atoms in total. The van der Waals surface area contributed by atoms with Gasteiger partial charge >= 0.3 is 0 Å². The van der Waals surface area contributed by atoms with E-state index in [1.54, 1.807) is 12.4 Å². The highest BCUT2D eigenvalue weighted by Gasteiger charge is 2.09. The van der Waals surface area contributed by atoms with Gasteiger partial charge in [-0.1, -0.05) is 48.5 Å². The first kappa shape index (κ1) is 18.6. The molecule has 2 aromatic heterocycles. The minimum atomic E-state index is 0.580. The predicted molar refractivity (Wildman–Crippen MR) is 118 cm³/mol. The van der Waals surface area contributed by atoms with Crippen molar-refractivity contribution in [3.05, 3.63) is 95.8 Å². The molecule has 0 aliphatic carbocycles. The summed E-state index contributed by atoms with van der Waals surface area (Å²) in [6, 6.07) is 22.3. The van der Waals surface area contributed by atoms with Crippen molar-refractivity contribution >= 4 is 17.5 Å². The fourth-order valence-electron chi connectivity index (χ4n) is 3.17. The Morgan fingerprint density at radius 1 is 0.793 bits per heavy atom. The summed E-state index contributed by atoms with van der Waals surface area (Å²) in [7, 11) is 0. The van der Waals surface area contributed by atoms with Gasteiger partial charge in [0.1, 0.15) is 5.82 Å². The molecule has 29 heavy (non-hydrogen) atoms. The van der Waals surface area contributed by atoms with Gasteiger partial charge < -0.3 is 10.6 Å². The van der Waals surface area contributed by atoms with Crippen LogP contribution in [0.4, 0.5) is 17.5 Å². The highest BCUT2D eigenvalue weighted by molar-refractivity contribution is 5.70. The normalized spacial score (nSPS) is 10.6. The Bertz CT molecular complexity index is 1070. The van der Waals surface area contributed by atoms with E-state index in [4.69, 9.17) is 9.97 Å². The van der Waals surface area contributed by atoms with E-state index in [1.165, 1.54) is 11.1 Å². The van der Waals surface area contributed by atoms with Crippen molar-refractivity contribution in [1.29, 1.82) is 0 Å². The van der Waals surface area contributed by atoms with E-state index in [9.17, 15) is 0 Å². The van der Waals surface area contributed by atoms with Crippen LogP contribution < -0.4 is 10.6 Å². The van der Waals surface area contributed by atoms with Crippen LogP contribution in [0.3, 0.4) is 0 Å². The predicted octanol–water partition coefficient (Wildman–Crippen LogP) is 5.51. The Labute approximate surface area is 170 Å². The summed E-state index contributed by atoms with van der Waals surface area (Å²) in [5, 5.41) is 6.82. The summed E-state index contributed by atoms with van der Waals surface area (Å²) < 4.78 is 0. The maximum Gasteiger partial charge on any atom is 0.225 e. The van der Waals surface area contributed by atoms with Crippen molar-refractivity contribution in [2.45, 2.75) is 20.4 Å². The van der Waals surface area contributed by atoms with Crippen LogP contribution in [-0.2, 0) is 6.54 Å². The van der Waals surface area contributed by atoms with Crippen molar-refractivity contribution in [2.75, 3.05) is 10.6 Å². The molecule has 2 N–H and O–H groups in total. The summed E-state index contributed by atoms with van der Waals surface area (Å²) in [6.07, 6.45) is 3.57. The number of benzene rings is 2. The minimum absolute atomic E-state index is 0.580. The fraction of sp³-hybridized carbons (Fsp3) is 0.125. The molecule has 0 amide bonds. The molecule has 0 spiro atoms. The van der Waals surface area contributed by atoms with Gasteiger partial charge in [0.15, 0.2) is 0 Å². The van der Waals surface area contributed by atoms with Crippen molar-refractivity contribution in [2.24, 2.45) is 0 Å². The standard InChI is InChI=1S/C24H23N5/c1-17-7-6-8-18(2)23(17)28-22-15-21(20-9-4-3-5-10-20)27-24(29-22)26-16-19-11-13-25-14-12-19/h3-15H,16H2,1-2H3,(H2,26,27,28,29). The van der Waals surface area contributed by atoms with Crippen LogP contribution in [0, 0.1) is 13.8 Å². The Hall–Kier alpha value is -3.73. The zero-order chi connectivity index (χ0) is 20.1. The molecule has 144 valence electrons. The molecule has 0 atom stereocenters. The average molecular weight is 381 g/mol. The Kier molecular flexibility index (Phi) is 5.47. The third-order valence-electron chi connectivity index (χ3n) is 4.73. The Morgan fingerprint density at radius 2 is 1.52 bits per heavy atom. The lowest BCUT2D eigenvalue weighted by atomic mass is 10.1. The van der Waals surface area contributed by atoms with E-state index in [0.29, 0.717) is 12.5 Å². The van der Waals surface area contributed by atoms with E-state index in [-0.39, 0.29) is 0 Å². The monoisotopic (exact) mass is 381 g/mol. The molecule has 2 heterocycles. The average Bonchev–Trinajstić information content (AvgIpc) is 2.76. The molecule has 2 aromatic carbocycles. The van der Waals surface area contributed by atoms with Gasteiger partial charge in [-0.05, 0) is 42.7 Å². The summed E-state index contributed by atoms with van der Waals surface area (Å²) in [5.41, 5.74) is 6.47. The summed E-state index contributed by atoms with van der Waals surface area (Å²) in [6.45, 7) is 4.82. The van der Waals surface area contributed by atoms with Gasteiger partial charge in [0.25, 0.3) is 0 Å². The van der Waals surface area contributed by atoms with Crippen LogP contribution in [0.15, 0.2) is 79.1 Å². The van der Waals surface area contributed by atoms with E-state index >= 15 is 0 Å². The molecule has 5 heteroatoms. The first-order valence-corrected chi connectivity index (χ1v) is 9.59. The maximum absolute atomic E-state index is 4.73. The molecule has 4 rings (SSSR count). The number of anilines is 3. The second kappa shape index (κ2) is 8.52. The Balaban J connectivity index is 1.68. The van der Waals surface area contributed by atoms with Crippen molar-refractivity contribution in [3.63, 3.8) is 0 Å². The van der Waals surface area contributed by atoms with Gasteiger partial charge in [-0.15, -0.1) is 0 Å². The number of nitrogens with one attached hydrogen (secondary N) is 2. The lowest BCUT2D eigenvalue weighted by Gasteiger charge is -2.14. The third-order valence-corrected chi connectivity index (χ3v) is 4.73. The van der Waals surface area contributed by atoms with Gasteiger partial charge in [0.2, 0.25) is 5.95 Å². The number of hydrogen-bond donors (Lipinski definition) is 2. The molecule has 0 unspecified atom stereocenters. The zero-order valence-corrected chi connectivity index (χ0v) is 16.6. The molecular weight excluding hydrogens is 358 g/mol. The number of hydrogen-bond acceptors (Lipinski definition) is 5. The van der Waals surface area contributed by atoms with E-state index in [1.807, 2.05) is 36.4 Å². The van der Waals surface area contributed by atoms with Crippen LogP contribution in [-0.4, -0.2) is 15.0 Å². The molecule has 0 saturated heterocycles. The van der Waals surface area contributed by atoms with E-state index in [2.05, 4.69) is 59.8 Å². The van der Waals surface area contributed by atoms with Crippen LogP contribution in [0.25, 0.3) is 11.3 Å². The number of aryl methyl sites for hydroxylation is 2. The van der Waals surface area contributed by atoms with Crippen LogP contribution in [0.2, 0.25) is 0 Å². The first-order chi connectivity index (χ1) is 14.2. The van der Waals surface area contributed by atoms with Crippen LogP contribution in [0.1, 0.15) is 16.7 Å². The molecule has 0 fully saturated rings. The van der Waals surface area contributed by atoms with Crippen molar-refractivity contribution in [1.82, 2.24) is 15.0 Å².